The van der Waals surface area contributed by atoms with Gasteiger partial charge in [0.1, 0.15) is 28.8 Å². The second kappa shape index (κ2) is 13.5. The van der Waals surface area contributed by atoms with Crippen molar-refractivity contribution in [3.8, 4) is 23.0 Å². The van der Waals surface area contributed by atoms with Crippen molar-refractivity contribution >= 4 is 17.7 Å². The van der Waals surface area contributed by atoms with Gasteiger partial charge in [-0.15, -0.1) is 0 Å². The van der Waals surface area contributed by atoms with Gasteiger partial charge in [-0.3, -0.25) is 4.79 Å². The molecule has 1 saturated heterocycles. The number of halogens is 1. The van der Waals surface area contributed by atoms with Crippen molar-refractivity contribution in [1.29, 1.82) is 0 Å². The maximum absolute atomic E-state index is 13.4. The molecule has 1 fully saturated rings. The number of carbonyl (C=O) groups is 2. The largest absolute Gasteiger partial charge is 0.481 e. The number of carboxylic acids is 1. The van der Waals surface area contributed by atoms with Crippen LogP contribution in [0.2, 0.25) is 0 Å². The minimum Gasteiger partial charge on any atom is -0.481 e. The number of benzene rings is 3. The molecule has 1 unspecified atom stereocenters. The van der Waals surface area contributed by atoms with Crippen LogP contribution >= 0.6 is 0 Å². The maximum atomic E-state index is 13.4. The first kappa shape index (κ1) is 31.8. The Hall–Kier alpha value is -4.11. The summed E-state index contributed by atoms with van der Waals surface area (Å²) in [6.07, 6.45) is 3.25. The van der Waals surface area contributed by atoms with Crippen LogP contribution in [-0.2, 0) is 10.2 Å². The molecule has 9 heteroatoms. The number of anilines is 1. The fourth-order valence-corrected chi connectivity index (χ4v) is 5.66. The molecule has 3 N–H and O–H groups in total. The van der Waals surface area contributed by atoms with E-state index in [-0.39, 0.29) is 17.8 Å². The van der Waals surface area contributed by atoms with Gasteiger partial charge in [-0.25, -0.2) is 9.18 Å². The summed E-state index contributed by atoms with van der Waals surface area (Å²) in [5.74, 6) is 0.531. The maximum Gasteiger partial charge on any atom is 0.321 e. The van der Waals surface area contributed by atoms with Crippen molar-refractivity contribution in [3.63, 3.8) is 0 Å². The number of carbonyl (C=O) groups excluding carboxylic acids is 1. The molecule has 0 bridgehead atoms. The lowest BCUT2D eigenvalue weighted by Crippen LogP contribution is -2.51. The van der Waals surface area contributed by atoms with Gasteiger partial charge in [0.2, 0.25) is 0 Å². The fourth-order valence-electron chi connectivity index (χ4n) is 5.66. The average molecular weight is 593 g/mol. The molecule has 3 aromatic rings. The molecule has 43 heavy (non-hydrogen) atoms. The smallest absolute Gasteiger partial charge is 0.321 e. The summed E-state index contributed by atoms with van der Waals surface area (Å²) in [6.45, 7) is 8.56. The number of aliphatic hydroxyl groups is 1. The second-order valence-corrected chi connectivity index (χ2v) is 11.4. The number of likely N-dealkylation sites (tertiary alicyclic amines) is 1. The van der Waals surface area contributed by atoms with Crippen LogP contribution in [0.5, 0.6) is 23.0 Å². The third kappa shape index (κ3) is 7.46. The predicted molar refractivity (Wildman–Crippen MR) is 164 cm³/mol. The fraction of sp³-hybridized carbons (Fsp3) is 0.412. The number of carboxylic acid groups (broad SMARTS) is 1. The Morgan fingerprint density at radius 1 is 0.907 bits per heavy atom. The molecule has 4 rings (SSSR count). The first-order chi connectivity index (χ1) is 20.5. The van der Waals surface area contributed by atoms with Crippen molar-refractivity contribution in [3.05, 3.63) is 78.1 Å². The Kier molecular flexibility index (Phi) is 9.96. The monoisotopic (exact) mass is 592 g/mol. The van der Waals surface area contributed by atoms with E-state index in [4.69, 9.17) is 9.47 Å². The van der Waals surface area contributed by atoms with Crippen molar-refractivity contribution in [1.82, 2.24) is 4.90 Å². The molecule has 1 heterocycles. The SMILES string of the molecule is CCC(CC)C1(O)CCN(C(=O)Nc2cc(Oc3ccc(F)cc3)cc(Oc3ccc(C(C)(CC)C(=O)O)cc3)c2)CC1. The number of amides is 2. The lowest BCUT2D eigenvalue weighted by Gasteiger charge is -2.42. The van der Waals surface area contributed by atoms with Gasteiger partial charge in [0, 0.05) is 37.0 Å². The highest BCUT2D eigenvalue weighted by atomic mass is 19.1. The molecule has 1 aliphatic rings. The highest BCUT2D eigenvalue weighted by Crippen LogP contribution is 2.36. The molecule has 3 aromatic carbocycles. The van der Waals surface area contributed by atoms with E-state index >= 15 is 0 Å². The Bertz CT molecular complexity index is 1400. The molecule has 0 aliphatic carbocycles. The molecule has 8 nitrogen and oxygen atoms in total. The van der Waals surface area contributed by atoms with E-state index in [0.717, 1.165) is 12.8 Å². The van der Waals surface area contributed by atoms with Gasteiger partial charge >= 0.3 is 12.0 Å². The normalized spacial score (nSPS) is 15.9. The van der Waals surface area contributed by atoms with Gasteiger partial charge in [-0.1, -0.05) is 45.7 Å². The molecule has 0 aromatic heterocycles. The van der Waals surface area contributed by atoms with E-state index in [1.807, 2.05) is 6.92 Å². The van der Waals surface area contributed by atoms with Crippen molar-refractivity contribution < 1.29 is 33.7 Å². The van der Waals surface area contributed by atoms with Crippen LogP contribution in [0.25, 0.3) is 0 Å². The first-order valence-electron chi connectivity index (χ1n) is 14.9. The average Bonchev–Trinajstić information content (AvgIpc) is 2.99. The number of rotatable bonds is 11. The Balaban J connectivity index is 1.54. The molecule has 2 amide bonds. The summed E-state index contributed by atoms with van der Waals surface area (Å²) in [5, 5.41) is 23.8. The molecule has 0 saturated carbocycles. The van der Waals surface area contributed by atoms with Gasteiger partial charge in [0.15, 0.2) is 0 Å². The van der Waals surface area contributed by atoms with Crippen molar-refractivity contribution in [2.45, 2.75) is 70.8 Å². The van der Waals surface area contributed by atoms with E-state index in [0.29, 0.717) is 66.6 Å². The van der Waals surface area contributed by atoms with Crippen LogP contribution < -0.4 is 14.8 Å². The molecule has 1 aliphatic heterocycles. The lowest BCUT2D eigenvalue weighted by atomic mass is 9.77. The van der Waals surface area contributed by atoms with E-state index in [9.17, 15) is 24.2 Å². The van der Waals surface area contributed by atoms with Crippen LogP contribution in [0.1, 0.15) is 65.4 Å². The zero-order valence-corrected chi connectivity index (χ0v) is 25.2. The predicted octanol–water partition coefficient (Wildman–Crippen LogP) is 7.96. The van der Waals surface area contributed by atoms with Crippen molar-refractivity contribution in [2.24, 2.45) is 5.92 Å². The second-order valence-electron chi connectivity index (χ2n) is 11.4. The molecule has 1 atom stereocenters. The summed E-state index contributed by atoms with van der Waals surface area (Å²) >= 11 is 0. The Labute approximate surface area is 252 Å². The minimum absolute atomic E-state index is 0.201. The van der Waals surface area contributed by atoms with Gasteiger partial charge in [0.25, 0.3) is 0 Å². The van der Waals surface area contributed by atoms with Crippen LogP contribution in [-0.4, -0.2) is 45.8 Å². The number of urea groups is 1. The molecular formula is C34H41FN2O6. The molecular weight excluding hydrogens is 551 g/mol. The standard InChI is InChI=1S/C34H41FN2O6/c1-5-23(6-2)34(41)16-18-37(19-17-34)32(40)36-26-20-29(22-30(21-26)43-28-14-10-25(35)11-15-28)42-27-12-8-24(9-13-27)33(4,7-3)31(38)39/h8-15,20-23,41H,5-7,16-19H2,1-4H3,(H,36,40)(H,38,39). The third-order valence-corrected chi connectivity index (χ3v) is 8.75. The minimum atomic E-state index is -1.02. The van der Waals surface area contributed by atoms with Crippen molar-refractivity contribution in [2.75, 3.05) is 18.4 Å². The number of hydrogen-bond donors (Lipinski definition) is 3. The van der Waals surface area contributed by atoms with E-state index in [2.05, 4.69) is 19.2 Å². The summed E-state index contributed by atoms with van der Waals surface area (Å²) in [4.78, 5) is 26.8. The van der Waals surface area contributed by atoms with Crippen LogP contribution in [0.3, 0.4) is 0 Å². The number of aliphatic carboxylic acids is 1. The zero-order chi connectivity index (χ0) is 31.2. The van der Waals surface area contributed by atoms with Gasteiger partial charge in [0.05, 0.1) is 11.0 Å². The number of ether oxygens (including phenoxy) is 2. The van der Waals surface area contributed by atoms with E-state index in [1.165, 1.54) is 24.3 Å². The lowest BCUT2D eigenvalue weighted by molar-refractivity contribution is -0.143. The van der Waals surface area contributed by atoms with Crippen LogP contribution in [0.15, 0.2) is 66.7 Å². The van der Waals surface area contributed by atoms with Gasteiger partial charge < -0.3 is 29.9 Å². The summed E-state index contributed by atoms with van der Waals surface area (Å²) in [7, 11) is 0. The highest BCUT2D eigenvalue weighted by molar-refractivity contribution is 5.90. The number of hydrogen-bond acceptors (Lipinski definition) is 5. The molecule has 0 spiro atoms. The Morgan fingerprint density at radius 2 is 1.42 bits per heavy atom. The molecule has 0 radical (unpaired) electrons. The molecule has 230 valence electrons. The van der Waals surface area contributed by atoms with Crippen LogP contribution in [0, 0.1) is 11.7 Å². The quantitative estimate of drug-likeness (QED) is 0.208. The highest BCUT2D eigenvalue weighted by Gasteiger charge is 2.39. The van der Waals surface area contributed by atoms with Gasteiger partial charge in [-0.2, -0.15) is 0 Å². The summed E-state index contributed by atoms with van der Waals surface area (Å²) < 4.78 is 25.5. The van der Waals surface area contributed by atoms with E-state index < -0.39 is 17.0 Å². The zero-order valence-electron chi connectivity index (χ0n) is 25.2. The third-order valence-electron chi connectivity index (χ3n) is 8.75. The first-order valence-corrected chi connectivity index (χ1v) is 14.9. The number of nitrogens with one attached hydrogen (secondary N) is 1. The topological polar surface area (TPSA) is 108 Å². The summed E-state index contributed by atoms with van der Waals surface area (Å²) in [5.41, 5.74) is -0.689. The van der Waals surface area contributed by atoms with Crippen LogP contribution in [0.4, 0.5) is 14.9 Å². The van der Waals surface area contributed by atoms with Gasteiger partial charge in [-0.05, 0) is 74.1 Å². The number of nitrogens with zero attached hydrogens (tertiary/aromatic N) is 1. The Morgan fingerprint density at radius 3 is 1.88 bits per heavy atom. The van der Waals surface area contributed by atoms with E-state index in [1.54, 1.807) is 54.3 Å². The number of piperidine rings is 1. The summed E-state index contributed by atoms with van der Waals surface area (Å²) in [6, 6.07) is 17.1.